The van der Waals surface area contributed by atoms with E-state index in [0.717, 1.165) is 19.0 Å². The van der Waals surface area contributed by atoms with Gasteiger partial charge >= 0.3 is 0 Å². The molecule has 82 valence electrons. The van der Waals surface area contributed by atoms with Crippen LogP contribution in [-0.4, -0.2) is 22.6 Å². The smallest absolute Gasteiger partial charge is 0.210 e. The second-order valence-electron chi connectivity index (χ2n) is 4.13. The van der Waals surface area contributed by atoms with Gasteiger partial charge < -0.3 is 4.90 Å². The summed E-state index contributed by atoms with van der Waals surface area (Å²) < 4.78 is 2.16. The van der Waals surface area contributed by atoms with Crippen LogP contribution in [0.5, 0.6) is 0 Å². The van der Waals surface area contributed by atoms with E-state index in [4.69, 9.17) is 0 Å². The Morgan fingerprint density at radius 2 is 1.75 bits per heavy atom. The van der Waals surface area contributed by atoms with Gasteiger partial charge in [-0.2, -0.15) is 0 Å². The molecule has 0 radical (unpaired) electrons. The number of para-hydroxylation sites is 1. The van der Waals surface area contributed by atoms with Crippen molar-refractivity contribution in [3.8, 4) is 5.69 Å². The fourth-order valence-electron chi connectivity index (χ4n) is 2.24. The minimum Gasteiger partial charge on any atom is -0.342 e. The molecule has 0 amide bonds. The molecule has 1 fully saturated rings. The van der Waals surface area contributed by atoms with Gasteiger partial charge in [-0.25, -0.2) is 4.98 Å². The maximum Gasteiger partial charge on any atom is 0.210 e. The predicted molar refractivity (Wildman–Crippen MR) is 65.0 cm³/mol. The van der Waals surface area contributed by atoms with Crippen LogP contribution in [0.3, 0.4) is 0 Å². The molecule has 0 N–H and O–H groups in total. The number of hydrogen-bond donors (Lipinski definition) is 0. The van der Waals surface area contributed by atoms with Gasteiger partial charge in [0.15, 0.2) is 0 Å². The van der Waals surface area contributed by atoms with E-state index in [1.54, 1.807) is 0 Å². The third-order valence-corrected chi connectivity index (χ3v) is 3.04. The number of rotatable bonds is 2. The van der Waals surface area contributed by atoms with Crippen LogP contribution in [-0.2, 0) is 0 Å². The van der Waals surface area contributed by atoms with Crippen molar-refractivity contribution in [2.24, 2.45) is 0 Å². The number of aromatic nitrogens is 2. The Kier molecular flexibility index (Phi) is 2.37. The lowest BCUT2D eigenvalue weighted by Crippen LogP contribution is -2.21. The second kappa shape index (κ2) is 4.00. The first-order valence-electron chi connectivity index (χ1n) is 5.79. The summed E-state index contributed by atoms with van der Waals surface area (Å²) in [5, 5.41) is 0. The van der Waals surface area contributed by atoms with Crippen molar-refractivity contribution in [2.45, 2.75) is 12.8 Å². The Labute approximate surface area is 95.3 Å². The molecule has 0 bridgehead atoms. The molecule has 1 aromatic heterocycles. The SMILES string of the molecule is c1ccc(-n2ccnc2N2CCCC2)cc1. The van der Waals surface area contributed by atoms with Gasteiger partial charge in [0.1, 0.15) is 0 Å². The van der Waals surface area contributed by atoms with Crippen LogP contribution in [0.1, 0.15) is 12.8 Å². The zero-order valence-electron chi connectivity index (χ0n) is 9.21. The van der Waals surface area contributed by atoms with E-state index >= 15 is 0 Å². The average molecular weight is 213 g/mol. The Morgan fingerprint density at radius 1 is 1.00 bits per heavy atom. The van der Waals surface area contributed by atoms with Crippen molar-refractivity contribution in [3.63, 3.8) is 0 Å². The Bertz CT molecular complexity index is 455. The van der Waals surface area contributed by atoms with Crippen LogP contribution >= 0.6 is 0 Å². The zero-order chi connectivity index (χ0) is 10.8. The van der Waals surface area contributed by atoms with Crippen LogP contribution in [0.25, 0.3) is 5.69 Å². The highest BCUT2D eigenvalue weighted by Gasteiger charge is 2.17. The molecule has 1 aliphatic rings. The molecule has 2 heterocycles. The van der Waals surface area contributed by atoms with Gasteiger partial charge in [0, 0.05) is 31.2 Å². The minimum absolute atomic E-state index is 1.07. The van der Waals surface area contributed by atoms with Gasteiger partial charge in [0.25, 0.3) is 0 Å². The summed E-state index contributed by atoms with van der Waals surface area (Å²) >= 11 is 0. The van der Waals surface area contributed by atoms with E-state index in [-0.39, 0.29) is 0 Å². The fourth-order valence-corrected chi connectivity index (χ4v) is 2.24. The van der Waals surface area contributed by atoms with E-state index in [1.807, 2.05) is 18.5 Å². The number of nitrogens with zero attached hydrogens (tertiary/aromatic N) is 3. The van der Waals surface area contributed by atoms with E-state index in [2.05, 4.69) is 38.7 Å². The molecule has 0 saturated carbocycles. The van der Waals surface area contributed by atoms with Crippen molar-refractivity contribution in [1.82, 2.24) is 9.55 Å². The Hall–Kier alpha value is -1.77. The lowest BCUT2D eigenvalue weighted by Gasteiger charge is -2.18. The maximum atomic E-state index is 4.46. The van der Waals surface area contributed by atoms with Gasteiger partial charge in [-0.1, -0.05) is 18.2 Å². The van der Waals surface area contributed by atoms with Crippen LogP contribution in [0.15, 0.2) is 42.7 Å². The normalized spacial score (nSPS) is 15.6. The maximum absolute atomic E-state index is 4.46. The monoisotopic (exact) mass is 213 g/mol. The van der Waals surface area contributed by atoms with E-state index in [0.29, 0.717) is 0 Å². The van der Waals surface area contributed by atoms with E-state index < -0.39 is 0 Å². The van der Waals surface area contributed by atoms with Gasteiger partial charge in [-0.15, -0.1) is 0 Å². The van der Waals surface area contributed by atoms with Crippen molar-refractivity contribution in [1.29, 1.82) is 0 Å². The first-order chi connectivity index (χ1) is 7.95. The molecule has 3 heteroatoms. The largest absolute Gasteiger partial charge is 0.342 e. The zero-order valence-corrected chi connectivity index (χ0v) is 9.21. The molecule has 1 aromatic carbocycles. The Balaban J connectivity index is 1.99. The molecule has 0 aliphatic carbocycles. The highest BCUT2D eigenvalue weighted by molar-refractivity contribution is 5.43. The third-order valence-electron chi connectivity index (χ3n) is 3.04. The summed E-state index contributed by atoms with van der Waals surface area (Å²) in [7, 11) is 0. The fraction of sp³-hybridized carbons (Fsp3) is 0.308. The molecule has 3 nitrogen and oxygen atoms in total. The molecule has 1 aliphatic heterocycles. The topological polar surface area (TPSA) is 21.1 Å². The highest BCUT2D eigenvalue weighted by atomic mass is 15.3. The summed E-state index contributed by atoms with van der Waals surface area (Å²) in [6, 6.07) is 10.4. The summed E-state index contributed by atoms with van der Waals surface area (Å²) in [6.45, 7) is 2.26. The quantitative estimate of drug-likeness (QED) is 0.764. The van der Waals surface area contributed by atoms with Crippen molar-refractivity contribution >= 4 is 5.95 Å². The summed E-state index contributed by atoms with van der Waals surface area (Å²) in [5.41, 5.74) is 1.18. The minimum atomic E-state index is 1.07. The molecule has 16 heavy (non-hydrogen) atoms. The van der Waals surface area contributed by atoms with E-state index in [9.17, 15) is 0 Å². The number of hydrogen-bond acceptors (Lipinski definition) is 2. The number of imidazole rings is 1. The van der Waals surface area contributed by atoms with Crippen LogP contribution in [0.2, 0.25) is 0 Å². The molecule has 1 saturated heterocycles. The van der Waals surface area contributed by atoms with E-state index in [1.165, 1.54) is 18.5 Å². The number of benzene rings is 1. The highest BCUT2D eigenvalue weighted by Crippen LogP contribution is 2.21. The van der Waals surface area contributed by atoms with Gasteiger partial charge in [0.05, 0.1) is 0 Å². The first kappa shape index (κ1) is 9.46. The lowest BCUT2D eigenvalue weighted by atomic mass is 10.3. The standard InChI is InChI=1S/C13H15N3/c1-2-6-12(7-3-1)16-11-8-14-13(16)15-9-4-5-10-15/h1-3,6-8,11H,4-5,9-10H2. The van der Waals surface area contributed by atoms with Crippen molar-refractivity contribution in [2.75, 3.05) is 18.0 Å². The molecule has 0 atom stereocenters. The first-order valence-corrected chi connectivity index (χ1v) is 5.79. The predicted octanol–water partition coefficient (Wildman–Crippen LogP) is 2.47. The average Bonchev–Trinajstić information content (AvgIpc) is 3.01. The second-order valence-corrected chi connectivity index (χ2v) is 4.13. The molecule has 2 aromatic rings. The molecule has 0 spiro atoms. The van der Waals surface area contributed by atoms with Gasteiger partial charge in [0.2, 0.25) is 5.95 Å². The Morgan fingerprint density at radius 3 is 2.50 bits per heavy atom. The van der Waals surface area contributed by atoms with Crippen molar-refractivity contribution < 1.29 is 0 Å². The van der Waals surface area contributed by atoms with Crippen LogP contribution < -0.4 is 4.90 Å². The summed E-state index contributed by atoms with van der Waals surface area (Å²) in [5.74, 6) is 1.07. The molecule has 3 rings (SSSR count). The lowest BCUT2D eigenvalue weighted by molar-refractivity contribution is 0.875. The third kappa shape index (κ3) is 1.58. The van der Waals surface area contributed by atoms with Gasteiger partial charge in [-0.05, 0) is 25.0 Å². The number of anilines is 1. The summed E-state index contributed by atoms with van der Waals surface area (Å²) in [4.78, 5) is 6.82. The van der Waals surface area contributed by atoms with Crippen LogP contribution in [0.4, 0.5) is 5.95 Å². The van der Waals surface area contributed by atoms with Gasteiger partial charge in [-0.3, -0.25) is 4.57 Å². The summed E-state index contributed by atoms with van der Waals surface area (Å²) in [6.07, 6.45) is 6.47. The van der Waals surface area contributed by atoms with Crippen LogP contribution in [0, 0.1) is 0 Å². The molecular weight excluding hydrogens is 198 g/mol. The molecule has 0 unspecified atom stereocenters. The van der Waals surface area contributed by atoms with Crippen molar-refractivity contribution in [3.05, 3.63) is 42.7 Å². The molecular formula is C13H15N3.